The van der Waals surface area contributed by atoms with Gasteiger partial charge in [0, 0.05) is 12.1 Å². The van der Waals surface area contributed by atoms with E-state index in [2.05, 4.69) is 10.2 Å². The van der Waals surface area contributed by atoms with Crippen molar-refractivity contribution in [2.75, 3.05) is 0 Å². The van der Waals surface area contributed by atoms with Crippen LogP contribution >= 0.6 is 0 Å². The second-order valence-electron chi connectivity index (χ2n) is 4.05. The number of ether oxygens (including phenoxy) is 1. The topological polar surface area (TPSA) is 61.0 Å². The lowest BCUT2D eigenvalue weighted by molar-refractivity contribution is 0.396. The SMILES string of the molecule is Cc1nnc(Oc2cccc(F)c2F)c(CN)c1C. The van der Waals surface area contributed by atoms with E-state index in [4.69, 9.17) is 10.5 Å². The van der Waals surface area contributed by atoms with Crippen molar-refractivity contribution in [1.29, 1.82) is 0 Å². The lowest BCUT2D eigenvalue weighted by atomic mass is 10.1. The monoisotopic (exact) mass is 265 g/mol. The van der Waals surface area contributed by atoms with Crippen LogP contribution in [0.4, 0.5) is 8.78 Å². The van der Waals surface area contributed by atoms with E-state index in [1.807, 2.05) is 6.92 Å². The standard InChI is InChI=1S/C13H13F2N3O/c1-7-8(2)17-18-13(9(7)6-16)19-11-5-3-4-10(14)12(11)15/h3-5H,6,16H2,1-2H3. The molecular weight excluding hydrogens is 252 g/mol. The number of rotatable bonds is 3. The van der Waals surface area contributed by atoms with Crippen molar-refractivity contribution in [2.45, 2.75) is 20.4 Å². The van der Waals surface area contributed by atoms with Gasteiger partial charge in [-0.1, -0.05) is 6.07 Å². The molecule has 4 nitrogen and oxygen atoms in total. The van der Waals surface area contributed by atoms with Gasteiger partial charge in [-0.2, -0.15) is 9.49 Å². The Kier molecular flexibility index (Phi) is 3.71. The molecule has 1 aromatic carbocycles. The number of aromatic nitrogens is 2. The predicted molar refractivity (Wildman–Crippen MR) is 65.8 cm³/mol. The number of hydrogen-bond acceptors (Lipinski definition) is 4. The van der Waals surface area contributed by atoms with Gasteiger partial charge in [0.05, 0.1) is 5.69 Å². The Morgan fingerprint density at radius 1 is 1.21 bits per heavy atom. The number of aryl methyl sites for hydroxylation is 1. The molecule has 2 rings (SSSR count). The highest BCUT2D eigenvalue weighted by Crippen LogP contribution is 2.28. The van der Waals surface area contributed by atoms with Crippen LogP contribution in [-0.4, -0.2) is 10.2 Å². The van der Waals surface area contributed by atoms with Crippen molar-refractivity contribution in [3.05, 3.63) is 46.7 Å². The van der Waals surface area contributed by atoms with E-state index in [0.29, 0.717) is 11.3 Å². The molecule has 0 amide bonds. The number of halogens is 2. The average molecular weight is 265 g/mol. The molecule has 0 spiro atoms. The van der Waals surface area contributed by atoms with Crippen LogP contribution in [0.5, 0.6) is 11.6 Å². The quantitative estimate of drug-likeness (QED) is 0.926. The zero-order chi connectivity index (χ0) is 14.0. The molecule has 0 radical (unpaired) electrons. The van der Waals surface area contributed by atoms with Crippen molar-refractivity contribution in [3.8, 4) is 11.6 Å². The first-order valence-electron chi connectivity index (χ1n) is 5.69. The molecule has 0 saturated carbocycles. The van der Waals surface area contributed by atoms with E-state index in [1.165, 1.54) is 12.1 Å². The minimum absolute atomic E-state index is 0.0927. The molecule has 2 N–H and O–H groups in total. The Morgan fingerprint density at radius 3 is 2.63 bits per heavy atom. The number of nitrogens with zero attached hydrogens (tertiary/aromatic N) is 2. The van der Waals surface area contributed by atoms with E-state index < -0.39 is 11.6 Å². The Bertz CT molecular complexity index is 617. The number of benzene rings is 1. The van der Waals surface area contributed by atoms with Crippen LogP contribution in [0.15, 0.2) is 18.2 Å². The van der Waals surface area contributed by atoms with Gasteiger partial charge >= 0.3 is 0 Å². The maximum Gasteiger partial charge on any atom is 0.243 e. The van der Waals surface area contributed by atoms with Gasteiger partial charge < -0.3 is 10.5 Å². The van der Waals surface area contributed by atoms with Gasteiger partial charge in [0.2, 0.25) is 11.7 Å². The summed E-state index contributed by atoms with van der Waals surface area (Å²) in [6.07, 6.45) is 0. The molecule has 100 valence electrons. The third-order valence-electron chi connectivity index (χ3n) is 2.87. The molecule has 0 aliphatic carbocycles. The fourth-order valence-corrected chi connectivity index (χ4v) is 1.62. The number of hydrogen-bond donors (Lipinski definition) is 1. The first-order valence-corrected chi connectivity index (χ1v) is 5.69. The summed E-state index contributed by atoms with van der Waals surface area (Å²) in [4.78, 5) is 0. The molecular formula is C13H13F2N3O. The highest BCUT2D eigenvalue weighted by Gasteiger charge is 2.15. The summed E-state index contributed by atoms with van der Waals surface area (Å²) in [6.45, 7) is 3.78. The van der Waals surface area contributed by atoms with Crippen LogP contribution in [0.1, 0.15) is 16.8 Å². The van der Waals surface area contributed by atoms with E-state index in [1.54, 1.807) is 6.92 Å². The largest absolute Gasteiger partial charge is 0.434 e. The molecule has 19 heavy (non-hydrogen) atoms. The molecule has 6 heteroatoms. The Hall–Kier alpha value is -2.08. The van der Waals surface area contributed by atoms with Gasteiger partial charge in [-0.05, 0) is 31.5 Å². The first kappa shape index (κ1) is 13.4. The van der Waals surface area contributed by atoms with Crippen molar-refractivity contribution in [3.63, 3.8) is 0 Å². The van der Waals surface area contributed by atoms with Crippen molar-refractivity contribution < 1.29 is 13.5 Å². The number of nitrogens with two attached hydrogens (primary N) is 1. The zero-order valence-electron chi connectivity index (χ0n) is 10.6. The summed E-state index contributed by atoms with van der Waals surface area (Å²) < 4.78 is 31.9. The average Bonchev–Trinajstić information content (AvgIpc) is 2.39. The summed E-state index contributed by atoms with van der Waals surface area (Å²) in [5.41, 5.74) is 7.79. The third kappa shape index (κ3) is 2.53. The summed E-state index contributed by atoms with van der Waals surface area (Å²) in [7, 11) is 0. The maximum absolute atomic E-state index is 13.5. The van der Waals surface area contributed by atoms with Crippen LogP contribution in [0.25, 0.3) is 0 Å². The zero-order valence-corrected chi connectivity index (χ0v) is 10.6. The van der Waals surface area contributed by atoms with Gasteiger partial charge in [-0.15, -0.1) is 5.10 Å². The highest BCUT2D eigenvalue weighted by atomic mass is 19.2. The fraction of sp³-hybridized carbons (Fsp3) is 0.231. The van der Waals surface area contributed by atoms with E-state index >= 15 is 0 Å². The summed E-state index contributed by atoms with van der Waals surface area (Å²) >= 11 is 0. The smallest absolute Gasteiger partial charge is 0.243 e. The second-order valence-corrected chi connectivity index (χ2v) is 4.05. The molecule has 1 heterocycles. The van der Waals surface area contributed by atoms with Gasteiger partial charge in [0.15, 0.2) is 11.6 Å². The summed E-state index contributed by atoms with van der Waals surface area (Å²) in [5.74, 6) is -2.20. The molecule has 0 atom stereocenters. The third-order valence-corrected chi connectivity index (χ3v) is 2.87. The summed E-state index contributed by atoms with van der Waals surface area (Å²) in [5, 5.41) is 7.72. The summed E-state index contributed by atoms with van der Waals surface area (Å²) in [6, 6.07) is 3.68. The molecule has 0 aliphatic heterocycles. The van der Waals surface area contributed by atoms with Gasteiger partial charge in [-0.25, -0.2) is 4.39 Å². The van der Waals surface area contributed by atoms with Crippen LogP contribution in [0, 0.1) is 25.5 Å². The van der Waals surface area contributed by atoms with Crippen LogP contribution in [0.3, 0.4) is 0 Å². The van der Waals surface area contributed by atoms with E-state index in [0.717, 1.165) is 11.6 Å². The van der Waals surface area contributed by atoms with Gasteiger partial charge in [0.25, 0.3) is 0 Å². The second kappa shape index (κ2) is 5.27. The minimum atomic E-state index is -1.06. The van der Waals surface area contributed by atoms with Crippen molar-refractivity contribution in [1.82, 2.24) is 10.2 Å². The van der Waals surface area contributed by atoms with Crippen LogP contribution in [0.2, 0.25) is 0 Å². The Morgan fingerprint density at radius 2 is 1.95 bits per heavy atom. The van der Waals surface area contributed by atoms with E-state index in [9.17, 15) is 8.78 Å². The van der Waals surface area contributed by atoms with Crippen LogP contribution < -0.4 is 10.5 Å². The van der Waals surface area contributed by atoms with Crippen molar-refractivity contribution in [2.24, 2.45) is 5.73 Å². The molecule has 2 aromatic rings. The fourth-order valence-electron chi connectivity index (χ4n) is 1.62. The minimum Gasteiger partial charge on any atom is -0.434 e. The first-order chi connectivity index (χ1) is 9.04. The van der Waals surface area contributed by atoms with Crippen molar-refractivity contribution >= 4 is 0 Å². The van der Waals surface area contributed by atoms with E-state index in [-0.39, 0.29) is 18.2 Å². The Labute approximate surface area is 109 Å². The predicted octanol–water partition coefficient (Wildman–Crippen LogP) is 2.62. The normalized spacial score (nSPS) is 10.6. The Balaban J connectivity index is 2.44. The lowest BCUT2D eigenvalue weighted by Gasteiger charge is -2.12. The van der Waals surface area contributed by atoms with Gasteiger partial charge in [0.1, 0.15) is 0 Å². The van der Waals surface area contributed by atoms with Crippen LogP contribution in [-0.2, 0) is 6.54 Å². The molecule has 0 bridgehead atoms. The molecule has 0 saturated heterocycles. The maximum atomic E-state index is 13.5. The molecule has 1 aromatic heterocycles. The molecule has 0 aliphatic rings. The van der Waals surface area contributed by atoms with Gasteiger partial charge in [-0.3, -0.25) is 0 Å². The lowest BCUT2D eigenvalue weighted by Crippen LogP contribution is -2.08. The highest BCUT2D eigenvalue weighted by molar-refractivity contribution is 5.38. The molecule has 0 unspecified atom stereocenters. The molecule has 0 fully saturated rings.